The first-order valence-electron chi connectivity index (χ1n) is 10.9. The van der Waals surface area contributed by atoms with E-state index in [9.17, 15) is 10.2 Å². The van der Waals surface area contributed by atoms with Gasteiger partial charge in [-0.2, -0.15) is 0 Å². The molecule has 0 saturated carbocycles. The molecule has 0 aromatic heterocycles. The Bertz CT molecular complexity index is 800. The molecule has 0 aromatic carbocycles. The van der Waals surface area contributed by atoms with Crippen molar-refractivity contribution in [3.8, 4) is 0 Å². The standard InChI is InChI=1S/C27H41NO2/c1-12-13-28(26(29)18(2)14-22(15-19(26)3)24(6,7)8)27(30)20(4)16-23(17-21(27)5)25(9,10)11/h14-17,29-30H,2,4,12-13H2,1,3,5-11H3. The van der Waals surface area contributed by atoms with Gasteiger partial charge in [-0.1, -0.05) is 85.9 Å². The first kappa shape index (κ1) is 24.6. The Labute approximate surface area is 183 Å². The van der Waals surface area contributed by atoms with Crippen LogP contribution in [0, 0.1) is 10.8 Å². The Morgan fingerprint density at radius 2 is 1.10 bits per heavy atom. The number of hydrogen-bond donors (Lipinski definition) is 2. The van der Waals surface area contributed by atoms with Crippen molar-refractivity contribution in [2.45, 2.75) is 80.2 Å². The summed E-state index contributed by atoms with van der Waals surface area (Å²) in [5, 5.41) is 24.1. The van der Waals surface area contributed by atoms with Crippen LogP contribution in [0.3, 0.4) is 0 Å². The third-order valence-corrected chi connectivity index (χ3v) is 6.36. The molecule has 0 fully saturated rings. The molecular formula is C27H41NO2. The molecule has 3 nitrogen and oxygen atoms in total. The molecule has 2 atom stereocenters. The van der Waals surface area contributed by atoms with E-state index in [-0.39, 0.29) is 10.8 Å². The molecule has 2 aliphatic carbocycles. The molecule has 2 rings (SSSR count). The van der Waals surface area contributed by atoms with Crippen molar-refractivity contribution < 1.29 is 10.2 Å². The van der Waals surface area contributed by atoms with E-state index in [4.69, 9.17) is 0 Å². The summed E-state index contributed by atoms with van der Waals surface area (Å²) in [4.78, 5) is 1.76. The molecule has 3 heteroatoms. The van der Waals surface area contributed by atoms with Crippen molar-refractivity contribution in [2.24, 2.45) is 10.8 Å². The molecule has 0 aliphatic heterocycles. The fraction of sp³-hybridized carbons (Fsp3) is 0.556. The quantitative estimate of drug-likeness (QED) is 0.553. The highest BCUT2D eigenvalue weighted by molar-refractivity contribution is 5.54. The smallest absolute Gasteiger partial charge is 0.169 e. The maximum atomic E-state index is 12.0. The van der Waals surface area contributed by atoms with Crippen LogP contribution in [0.25, 0.3) is 0 Å². The van der Waals surface area contributed by atoms with Gasteiger partial charge in [0.25, 0.3) is 0 Å². The minimum atomic E-state index is -1.50. The molecule has 0 amide bonds. The number of nitrogens with zero attached hydrogens (tertiary/aromatic N) is 1. The van der Waals surface area contributed by atoms with E-state index in [1.54, 1.807) is 4.90 Å². The normalized spacial score (nSPS) is 28.3. The van der Waals surface area contributed by atoms with Crippen LogP contribution < -0.4 is 0 Å². The molecule has 2 aliphatic rings. The summed E-state index contributed by atoms with van der Waals surface area (Å²) in [5.41, 5.74) is 1.77. The van der Waals surface area contributed by atoms with Gasteiger partial charge in [-0.3, -0.25) is 0 Å². The predicted octanol–water partition coefficient (Wildman–Crippen LogP) is 6.05. The molecule has 2 unspecified atom stereocenters. The largest absolute Gasteiger partial charge is 0.367 e. The Hall–Kier alpha value is -1.68. The molecule has 0 radical (unpaired) electrons. The van der Waals surface area contributed by atoms with E-state index < -0.39 is 11.4 Å². The molecule has 0 bridgehead atoms. The summed E-state index contributed by atoms with van der Waals surface area (Å²) in [6.45, 7) is 27.7. The molecular weight excluding hydrogens is 370 g/mol. The van der Waals surface area contributed by atoms with E-state index in [0.717, 1.165) is 28.7 Å². The van der Waals surface area contributed by atoms with Crippen molar-refractivity contribution in [3.63, 3.8) is 0 Å². The second-order valence-electron chi connectivity index (χ2n) is 10.9. The average Bonchev–Trinajstić information content (AvgIpc) is 2.59. The maximum absolute atomic E-state index is 12.0. The molecule has 0 aromatic rings. The van der Waals surface area contributed by atoms with Crippen LogP contribution in [0.15, 0.2) is 70.9 Å². The second kappa shape index (κ2) is 7.78. The van der Waals surface area contributed by atoms with Gasteiger partial charge in [0.15, 0.2) is 11.4 Å². The third-order valence-electron chi connectivity index (χ3n) is 6.36. The van der Waals surface area contributed by atoms with Crippen LogP contribution in [0.1, 0.15) is 68.7 Å². The lowest BCUT2D eigenvalue weighted by Gasteiger charge is -2.53. The zero-order chi connectivity index (χ0) is 23.3. The zero-order valence-corrected chi connectivity index (χ0v) is 20.5. The molecule has 2 N–H and O–H groups in total. The fourth-order valence-electron chi connectivity index (χ4n) is 4.25. The van der Waals surface area contributed by atoms with Crippen molar-refractivity contribution in [1.29, 1.82) is 0 Å². The van der Waals surface area contributed by atoms with Gasteiger partial charge in [0.05, 0.1) is 0 Å². The minimum absolute atomic E-state index is 0.0629. The Kier molecular flexibility index (Phi) is 6.38. The van der Waals surface area contributed by atoms with E-state index in [1.807, 2.05) is 45.1 Å². The van der Waals surface area contributed by atoms with Crippen molar-refractivity contribution in [2.75, 3.05) is 6.54 Å². The third kappa shape index (κ3) is 3.95. The van der Waals surface area contributed by atoms with Crippen molar-refractivity contribution >= 4 is 0 Å². The van der Waals surface area contributed by atoms with Gasteiger partial charge in [-0.25, -0.2) is 4.90 Å². The SMILES string of the molecule is C=C1C=C(C(C)(C)C)C=C(C)C1(O)N(CCC)C1(O)C(=C)C=C(C(C)(C)C)C=C1C. The highest BCUT2D eigenvalue weighted by Crippen LogP contribution is 2.47. The summed E-state index contributed by atoms with van der Waals surface area (Å²) in [5.74, 6) is 0. The van der Waals surface area contributed by atoms with Crippen LogP contribution in [0.4, 0.5) is 0 Å². The minimum Gasteiger partial charge on any atom is -0.367 e. The number of hydrogen-bond acceptors (Lipinski definition) is 3. The van der Waals surface area contributed by atoms with Gasteiger partial charge >= 0.3 is 0 Å². The van der Waals surface area contributed by atoms with Crippen LogP contribution in [-0.4, -0.2) is 33.1 Å². The second-order valence-corrected chi connectivity index (χ2v) is 10.9. The van der Waals surface area contributed by atoms with Gasteiger partial charge in [0.2, 0.25) is 0 Å². The molecule has 0 spiro atoms. The summed E-state index contributed by atoms with van der Waals surface area (Å²) in [6, 6.07) is 0. The van der Waals surface area contributed by atoms with Crippen molar-refractivity contribution in [3.05, 3.63) is 70.9 Å². The Morgan fingerprint density at radius 1 is 0.767 bits per heavy atom. The first-order chi connectivity index (χ1) is 13.5. The van der Waals surface area contributed by atoms with Gasteiger partial charge in [-0.15, -0.1) is 0 Å². The number of rotatable bonds is 4. The van der Waals surface area contributed by atoms with Gasteiger partial charge in [-0.05, 0) is 64.5 Å². The predicted molar refractivity (Wildman–Crippen MR) is 128 cm³/mol. The highest BCUT2D eigenvalue weighted by atomic mass is 16.4. The summed E-state index contributed by atoms with van der Waals surface area (Å²) >= 11 is 0. The topological polar surface area (TPSA) is 43.7 Å². The van der Waals surface area contributed by atoms with E-state index in [2.05, 4.69) is 54.7 Å². The number of aliphatic hydroxyl groups is 2. The Balaban J connectivity index is 2.64. The van der Waals surface area contributed by atoms with Crippen LogP contribution >= 0.6 is 0 Å². The van der Waals surface area contributed by atoms with Crippen molar-refractivity contribution in [1.82, 2.24) is 4.90 Å². The highest BCUT2D eigenvalue weighted by Gasteiger charge is 2.52. The molecule has 0 heterocycles. The summed E-state index contributed by atoms with van der Waals surface area (Å²) < 4.78 is 0. The average molecular weight is 412 g/mol. The first-order valence-corrected chi connectivity index (χ1v) is 10.9. The van der Waals surface area contributed by atoms with Crippen LogP contribution in [0.5, 0.6) is 0 Å². The fourth-order valence-corrected chi connectivity index (χ4v) is 4.25. The van der Waals surface area contributed by atoms with Gasteiger partial charge in [0.1, 0.15) is 0 Å². The van der Waals surface area contributed by atoms with Gasteiger partial charge in [0, 0.05) is 6.54 Å². The summed E-state index contributed by atoms with van der Waals surface area (Å²) in [7, 11) is 0. The van der Waals surface area contributed by atoms with E-state index >= 15 is 0 Å². The Morgan fingerprint density at radius 3 is 1.33 bits per heavy atom. The monoisotopic (exact) mass is 411 g/mol. The summed E-state index contributed by atoms with van der Waals surface area (Å²) in [6.07, 6.45) is 8.74. The molecule has 166 valence electrons. The number of allylic oxidation sites excluding steroid dienone is 4. The van der Waals surface area contributed by atoms with Gasteiger partial charge < -0.3 is 10.2 Å². The van der Waals surface area contributed by atoms with Crippen LogP contribution in [-0.2, 0) is 0 Å². The van der Waals surface area contributed by atoms with E-state index in [0.29, 0.717) is 17.7 Å². The lowest BCUT2D eigenvalue weighted by molar-refractivity contribution is -0.161. The lowest BCUT2D eigenvalue weighted by Crippen LogP contribution is -2.64. The maximum Gasteiger partial charge on any atom is 0.169 e. The van der Waals surface area contributed by atoms with Crippen LogP contribution in [0.2, 0.25) is 0 Å². The molecule has 0 saturated heterocycles. The lowest BCUT2D eigenvalue weighted by atomic mass is 9.74. The van der Waals surface area contributed by atoms with E-state index in [1.165, 1.54) is 0 Å². The molecule has 30 heavy (non-hydrogen) atoms. The zero-order valence-electron chi connectivity index (χ0n) is 20.5.